The van der Waals surface area contributed by atoms with E-state index < -0.39 is 46.5 Å². The van der Waals surface area contributed by atoms with Crippen LogP contribution in [0.25, 0.3) is 0 Å². The molecule has 0 unspecified atom stereocenters. The van der Waals surface area contributed by atoms with E-state index in [0.29, 0.717) is 18.4 Å². The van der Waals surface area contributed by atoms with E-state index in [-0.39, 0.29) is 5.78 Å². The van der Waals surface area contributed by atoms with Crippen molar-refractivity contribution in [1.29, 1.82) is 0 Å². The second kappa shape index (κ2) is 6.27. The number of hydrogen-bond donors (Lipinski definition) is 2. The van der Waals surface area contributed by atoms with Crippen LogP contribution in [0.3, 0.4) is 0 Å². The molecule has 3 fully saturated rings. The third-order valence-corrected chi connectivity index (χ3v) is 6.88. The number of carbonyl (C=O) groups is 3. The SMILES string of the molecule is COC(=O)C=C[C@@]12O[C@@H]1[C@@H](O)[C@H]1[C@@](C)(C(C)=O)CCC[C@]1(C)C2=CC(=O)O. The first-order valence-electron chi connectivity index (χ1n) is 9.12. The Balaban J connectivity index is 2.15. The van der Waals surface area contributed by atoms with Crippen LogP contribution in [0.2, 0.25) is 0 Å². The number of aliphatic hydroxyl groups is 1. The lowest BCUT2D eigenvalue weighted by Crippen LogP contribution is -2.60. The minimum atomic E-state index is -1.16. The maximum Gasteiger partial charge on any atom is 0.330 e. The van der Waals surface area contributed by atoms with Gasteiger partial charge in [-0.15, -0.1) is 0 Å². The number of methoxy groups -OCH3 is 1. The van der Waals surface area contributed by atoms with Gasteiger partial charge in [-0.05, 0) is 36.8 Å². The standard InChI is InChI=1S/C20H26O7/c1-11(21)18(2)7-5-8-19(3)12(10-13(22)23)20(9-6-14(24)26-4)17(27-20)15(25)16(18)19/h6,9-10,15-17,25H,5,7-8H2,1-4H3,(H,22,23)/t15-,16-,17+,18+,19+,20-/m0/s1. The van der Waals surface area contributed by atoms with Crippen molar-refractivity contribution in [2.24, 2.45) is 16.7 Å². The molecule has 0 aromatic heterocycles. The van der Waals surface area contributed by atoms with Gasteiger partial charge in [-0.1, -0.05) is 20.3 Å². The van der Waals surface area contributed by atoms with E-state index in [1.165, 1.54) is 26.2 Å². The van der Waals surface area contributed by atoms with Crippen molar-refractivity contribution in [2.45, 2.75) is 57.8 Å². The van der Waals surface area contributed by atoms with E-state index in [2.05, 4.69) is 4.74 Å². The van der Waals surface area contributed by atoms with Gasteiger partial charge in [0.05, 0.1) is 13.2 Å². The molecule has 3 rings (SSSR count). The Morgan fingerprint density at radius 2 is 1.93 bits per heavy atom. The fraction of sp³-hybridized carbons (Fsp3) is 0.650. The molecule has 0 bridgehead atoms. The fourth-order valence-corrected chi connectivity index (χ4v) is 5.51. The Morgan fingerprint density at radius 3 is 2.48 bits per heavy atom. The monoisotopic (exact) mass is 378 g/mol. The number of carbonyl (C=O) groups excluding carboxylic acids is 2. The summed E-state index contributed by atoms with van der Waals surface area (Å²) in [5.41, 5.74) is -2.18. The molecule has 7 nitrogen and oxygen atoms in total. The Labute approximate surface area is 158 Å². The van der Waals surface area contributed by atoms with Gasteiger partial charge in [0.1, 0.15) is 17.5 Å². The van der Waals surface area contributed by atoms with Crippen LogP contribution in [-0.4, -0.2) is 52.9 Å². The maximum absolute atomic E-state index is 12.5. The highest BCUT2D eigenvalue weighted by molar-refractivity contribution is 5.85. The molecule has 1 aliphatic heterocycles. The number of carboxylic acid groups (broad SMARTS) is 1. The Morgan fingerprint density at radius 1 is 1.26 bits per heavy atom. The van der Waals surface area contributed by atoms with Gasteiger partial charge in [-0.25, -0.2) is 9.59 Å². The molecule has 7 heteroatoms. The highest BCUT2D eigenvalue weighted by Crippen LogP contribution is 2.68. The first kappa shape index (κ1) is 19.8. The third kappa shape index (κ3) is 2.75. The van der Waals surface area contributed by atoms with Crippen molar-refractivity contribution >= 4 is 17.7 Å². The number of ether oxygens (including phenoxy) is 2. The molecule has 148 valence electrons. The summed E-state index contributed by atoms with van der Waals surface area (Å²) in [6.45, 7) is 5.26. The van der Waals surface area contributed by atoms with Crippen LogP contribution in [0.4, 0.5) is 0 Å². The summed E-state index contributed by atoms with van der Waals surface area (Å²) in [6, 6.07) is 0. The van der Waals surface area contributed by atoms with Gasteiger partial charge in [0.2, 0.25) is 0 Å². The zero-order valence-electron chi connectivity index (χ0n) is 16.0. The van der Waals surface area contributed by atoms with Crippen molar-refractivity contribution < 1.29 is 34.1 Å². The largest absolute Gasteiger partial charge is 0.478 e. The molecular weight excluding hydrogens is 352 g/mol. The lowest BCUT2D eigenvalue weighted by Gasteiger charge is -2.56. The van der Waals surface area contributed by atoms with Gasteiger partial charge in [0, 0.05) is 23.5 Å². The summed E-state index contributed by atoms with van der Waals surface area (Å²) in [5, 5.41) is 20.6. The molecule has 2 saturated carbocycles. The van der Waals surface area contributed by atoms with Gasteiger partial charge >= 0.3 is 11.9 Å². The van der Waals surface area contributed by atoms with Gasteiger partial charge in [0.15, 0.2) is 0 Å². The molecule has 0 aromatic carbocycles. The fourth-order valence-electron chi connectivity index (χ4n) is 5.51. The van der Waals surface area contributed by atoms with E-state index in [1.807, 2.05) is 13.8 Å². The molecule has 2 aliphatic carbocycles. The van der Waals surface area contributed by atoms with Crippen LogP contribution in [0, 0.1) is 16.7 Å². The molecule has 6 atom stereocenters. The van der Waals surface area contributed by atoms with Crippen LogP contribution in [0.5, 0.6) is 0 Å². The minimum absolute atomic E-state index is 0.0228. The summed E-state index contributed by atoms with van der Waals surface area (Å²) in [7, 11) is 1.25. The number of aliphatic carboxylic acids is 1. The smallest absolute Gasteiger partial charge is 0.330 e. The molecule has 0 amide bonds. The lowest BCUT2D eigenvalue weighted by molar-refractivity contribution is -0.146. The number of ketones is 1. The predicted molar refractivity (Wildman–Crippen MR) is 94.7 cm³/mol. The number of carboxylic acids is 1. The molecule has 0 aromatic rings. The normalized spacial score (nSPS) is 44.5. The third-order valence-electron chi connectivity index (χ3n) is 6.88. The van der Waals surface area contributed by atoms with Crippen LogP contribution < -0.4 is 0 Å². The number of epoxide rings is 1. The highest BCUT2D eigenvalue weighted by atomic mass is 16.6. The van der Waals surface area contributed by atoms with E-state index in [0.717, 1.165) is 12.5 Å². The topological polar surface area (TPSA) is 113 Å². The minimum Gasteiger partial charge on any atom is -0.478 e. The summed E-state index contributed by atoms with van der Waals surface area (Å²) in [6.07, 6.45) is 4.14. The van der Waals surface area contributed by atoms with Crippen LogP contribution in [-0.2, 0) is 23.9 Å². The molecule has 2 N–H and O–H groups in total. The molecule has 3 aliphatic rings. The summed E-state index contributed by atoms with van der Waals surface area (Å²) >= 11 is 0. The molecule has 0 spiro atoms. The van der Waals surface area contributed by atoms with Crippen molar-refractivity contribution in [2.75, 3.05) is 7.11 Å². The van der Waals surface area contributed by atoms with Crippen molar-refractivity contribution in [3.05, 3.63) is 23.8 Å². The molecule has 0 radical (unpaired) electrons. The lowest BCUT2D eigenvalue weighted by atomic mass is 9.46. The summed E-state index contributed by atoms with van der Waals surface area (Å²) in [5.74, 6) is -2.21. The Bertz CT molecular complexity index is 753. The number of Topliss-reactive ketones (excluding diaryl/α,β-unsaturated/α-hetero) is 1. The van der Waals surface area contributed by atoms with Crippen LogP contribution >= 0.6 is 0 Å². The average molecular weight is 378 g/mol. The first-order valence-corrected chi connectivity index (χ1v) is 9.12. The maximum atomic E-state index is 12.5. The number of rotatable bonds is 4. The van der Waals surface area contributed by atoms with Gasteiger partial charge in [-0.2, -0.15) is 0 Å². The summed E-state index contributed by atoms with van der Waals surface area (Å²) in [4.78, 5) is 35.6. The van der Waals surface area contributed by atoms with Crippen molar-refractivity contribution in [3.63, 3.8) is 0 Å². The molecule has 1 heterocycles. The molecular formula is C20H26O7. The zero-order valence-corrected chi connectivity index (χ0v) is 16.0. The van der Waals surface area contributed by atoms with Gasteiger partial charge in [-0.3, -0.25) is 4.79 Å². The predicted octanol–water partition coefficient (Wildman–Crippen LogP) is 1.64. The van der Waals surface area contributed by atoms with Crippen molar-refractivity contribution in [1.82, 2.24) is 0 Å². The number of esters is 1. The highest BCUT2D eigenvalue weighted by Gasteiger charge is 2.74. The molecule has 27 heavy (non-hydrogen) atoms. The Hall–Kier alpha value is -1.99. The zero-order chi connectivity index (χ0) is 20.2. The van der Waals surface area contributed by atoms with E-state index >= 15 is 0 Å². The van der Waals surface area contributed by atoms with E-state index in [1.54, 1.807) is 0 Å². The van der Waals surface area contributed by atoms with Gasteiger partial charge < -0.3 is 19.7 Å². The molecule has 1 saturated heterocycles. The number of aliphatic hydroxyl groups excluding tert-OH is 1. The quantitative estimate of drug-likeness (QED) is 0.434. The second-order valence-electron chi connectivity index (χ2n) is 8.30. The van der Waals surface area contributed by atoms with Gasteiger partial charge in [0.25, 0.3) is 0 Å². The average Bonchev–Trinajstić information content (AvgIpc) is 3.32. The van der Waals surface area contributed by atoms with E-state index in [9.17, 15) is 24.6 Å². The van der Waals surface area contributed by atoms with Crippen molar-refractivity contribution in [3.8, 4) is 0 Å². The second-order valence-corrected chi connectivity index (χ2v) is 8.30. The van der Waals surface area contributed by atoms with E-state index in [4.69, 9.17) is 4.74 Å². The van der Waals surface area contributed by atoms with Crippen LogP contribution in [0.1, 0.15) is 40.0 Å². The summed E-state index contributed by atoms with van der Waals surface area (Å²) < 4.78 is 10.4. The first-order chi connectivity index (χ1) is 12.5. The van der Waals surface area contributed by atoms with Crippen LogP contribution in [0.15, 0.2) is 23.8 Å². The number of hydrogen-bond acceptors (Lipinski definition) is 6. The number of fused-ring (bicyclic) bond motifs is 2. The Kier molecular flexibility index (Phi) is 4.59.